The molecule has 3 aromatic rings. The van der Waals surface area contributed by atoms with Gasteiger partial charge in [0.05, 0.1) is 12.6 Å². The number of amides is 1. The van der Waals surface area contributed by atoms with Gasteiger partial charge in [0.2, 0.25) is 5.91 Å². The molecule has 0 fully saturated rings. The van der Waals surface area contributed by atoms with Crippen LogP contribution in [0.3, 0.4) is 0 Å². The number of hydrogen-bond donors (Lipinski definition) is 1. The number of nitrogens with zero attached hydrogens (tertiary/aromatic N) is 2. The molecule has 154 valence electrons. The summed E-state index contributed by atoms with van der Waals surface area (Å²) in [5.74, 6) is 0.247. The number of fused-ring (bicyclic) bond motifs is 1. The smallest absolute Gasteiger partial charge is 0.242 e. The van der Waals surface area contributed by atoms with Crippen molar-refractivity contribution < 1.29 is 9.90 Å². The highest BCUT2D eigenvalue weighted by Gasteiger charge is 2.29. The Kier molecular flexibility index (Phi) is 6.15. The molecule has 4 rings (SSSR count). The number of anilines is 1. The first-order chi connectivity index (χ1) is 14.6. The second-order valence-electron chi connectivity index (χ2n) is 8.00. The van der Waals surface area contributed by atoms with Crippen molar-refractivity contribution in [2.24, 2.45) is 0 Å². The Morgan fingerprint density at radius 2 is 1.63 bits per heavy atom. The van der Waals surface area contributed by atoms with Crippen molar-refractivity contribution in [3.63, 3.8) is 0 Å². The van der Waals surface area contributed by atoms with E-state index >= 15 is 0 Å². The van der Waals surface area contributed by atoms with Crippen LogP contribution in [0, 0.1) is 0 Å². The van der Waals surface area contributed by atoms with Gasteiger partial charge in [-0.15, -0.1) is 0 Å². The normalized spacial score (nSPS) is 16.6. The van der Waals surface area contributed by atoms with Crippen LogP contribution in [0.1, 0.15) is 29.5 Å². The largest absolute Gasteiger partial charge is 0.392 e. The molecule has 0 bridgehead atoms. The molecule has 0 saturated heterocycles. The first-order valence-electron chi connectivity index (χ1n) is 10.5. The molecule has 0 aliphatic carbocycles. The predicted molar refractivity (Wildman–Crippen MR) is 120 cm³/mol. The maximum Gasteiger partial charge on any atom is 0.242 e. The molecule has 0 spiro atoms. The first kappa shape index (κ1) is 20.2. The lowest BCUT2D eigenvalue weighted by Gasteiger charge is -2.36. The van der Waals surface area contributed by atoms with Crippen LogP contribution in [0.15, 0.2) is 84.9 Å². The summed E-state index contributed by atoms with van der Waals surface area (Å²) < 4.78 is 0. The third kappa shape index (κ3) is 4.55. The quantitative estimate of drug-likeness (QED) is 0.679. The average molecular weight is 401 g/mol. The molecule has 30 heavy (non-hydrogen) atoms. The fraction of sp³-hybridized carbons (Fsp3) is 0.269. The van der Waals surface area contributed by atoms with Crippen LogP contribution in [0.2, 0.25) is 0 Å². The van der Waals surface area contributed by atoms with Gasteiger partial charge in [-0.25, -0.2) is 0 Å². The summed E-state index contributed by atoms with van der Waals surface area (Å²) in [7, 11) is 0. The minimum absolute atomic E-state index is 0.0786. The Morgan fingerprint density at radius 3 is 2.33 bits per heavy atom. The molecule has 0 radical (unpaired) electrons. The number of rotatable bonds is 6. The Bertz CT molecular complexity index is 973. The van der Waals surface area contributed by atoms with E-state index in [1.807, 2.05) is 52.3 Å². The molecule has 3 aromatic carbocycles. The topological polar surface area (TPSA) is 43.8 Å². The van der Waals surface area contributed by atoms with Gasteiger partial charge in [0, 0.05) is 31.2 Å². The Balaban J connectivity index is 1.58. The molecule has 0 saturated carbocycles. The number of hydrogen-bond acceptors (Lipinski definition) is 3. The first-order valence-corrected chi connectivity index (χ1v) is 10.5. The van der Waals surface area contributed by atoms with E-state index in [-0.39, 0.29) is 18.4 Å². The van der Waals surface area contributed by atoms with Gasteiger partial charge >= 0.3 is 0 Å². The van der Waals surface area contributed by atoms with Gasteiger partial charge in [0.25, 0.3) is 0 Å². The summed E-state index contributed by atoms with van der Waals surface area (Å²) in [5, 5.41) is 9.96. The van der Waals surface area contributed by atoms with E-state index in [9.17, 15) is 9.90 Å². The van der Waals surface area contributed by atoms with Gasteiger partial charge in [0.1, 0.15) is 0 Å². The number of aliphatic hydroxyl groups is 1. The van der Waals surface area contributed by atoms with E-state index in [1.54, 1.807) is 6.92 Å². The standard InChI is InChI=1S/C26H28N2O2/c1-20(29)16-27(23-13-6-3-7-14-23)19-26(30)28-17-22-12-8-9-15-24(22)25(18-28)21-10-4-2-5-11-21/h2-15,20,25,29H,16-19H2,1H3. The van der Waals surface area contributed by atoms with E-state index in [2.05, 4.69) is 42.5 Å². The molecule has 1 N–H and O–H groups in total. The van der Waals surface area contributed by atoms with Gasteiger partial charge in [-0.05, 0) is 35.7 Å². The van der Waals surface area contributed by atoms with Crippen LogP contribution >= 0.6 is 0 Å². The maximum absolute atomic E-state index is 13.4. The second-order valence-corrected chi connectivity index (χ2v) is 8.00. The number of carbonyl (C=O) groups excluding carboxylic acids is 1. The minimum Gasteiger partial charge on any atom is -0.392 e. The van der Waals surface area contributed by atoms with E-state index in [0.717, 1.165) is 5.69 Å². The molecular formula is C26H28N2O2. The highest BCUT2D eigenvalue weighted by atomic mass is 16.3. The fourth-order valence-corrected chi connectivity index (χ4v) is 4.25. The predicted octanol–water partition coefficient (Wildman–Crippen LogP) is 4.05. The summed E-state index contributed by atoms with van der Waals surface area (Å²) in [5.41, 5.74) is 4.68. The lowest BCUT2D eigenvalue weighted by atomic mass is 9.84. The van der Waals surface area contributed by atoms with Crippen molar-refractivity contribution in [3.05, 3.63) is 102 Å². The highest BCUT2D eigenvalue weighted by molar-refractivity contribution is 5.82. The van der Waals surface area contributed by atoms with E-state index in [4.69, 9.17) is 0 Å². The zero-order valence-corrected chi connectivity index (χ0v) is 17.3. The highest BCUT2D eigenvalue weighted by Crippen LogP contribution is 2.33. The molecule has 1 aliphatic rings. The average Bonchev–Trinajstić information content (AvgIpc) is 2.78. The maximum atomic E-state index is 13.4. The third-order valence-electron chi connectivity index (χ3n) is 5.68. The molecule has 1 amide bonds. The van der Waals surface area contributed by atoms with Crippen molar-refractivity contribution >= 4 is 11.6 Å². The van der Waals surface area contributed by atoms with E-state index < -0.39 is 6.10 Å². The Hall–Kier alpha value is -3.11. The summed E-state index contributed by atoms with van der Waals surface area (Å²) in [6.07, 6.45) is -0.517. The van der Waals surface area contributed by atoms with Crippen molar-refractivity contribution in [2.75, 3.05) is 24.5 Å². The lowest BCUT2D eigenvalue weighted by molar-refractivity contribution is -0.130. The molecule has 2 unspecified atom stereocenters. The number of benzene rings is 3. The van der Waals surface area contributed by atoms with Crippen LogP contribution in [0.5, 0.6) is 0 Å². The van der Waals surface area contributed by atoms with Crippen molar-refractivity contribution in [2.45, 2.75) is 25.5 Å². The monoisotopic (exact) mass is 400 g/mol. The fourth-order valence-electron chi connectivity index (χ4n) is 4.25. The van der Waals surface area contributed by atoms with Crippen LogP contribution in [0.25, 0.3) is 0 Å². The molecule has 1 heterocycles. The molecule has 1 aliphatic heterocycles. The molecule has 4 nitrogen and oxygen atoms in total. The van der Waals surface area contributed by atoms with E-state index in [1.165, 1.54) is 16.7 Å². The van der Waals surface area contributed by atoms with Gasteiger partial charge < -0.3 is 14.9 Å². The van der Waals surface area contributed by atoms with Crippen LogP contribution < -0.4 is 4.90 Å². The van der Waals surface area contributed by atoms with Crippen molar-refractivity contribution in [1.82, 2.24) is 4.90 Å². The Labute approximate surface area is 178 Å². The molecular weight excluding hydrogens is 372 g/mol. The van der Waals surface area contributed by atoms with Gasteiger partial charge in [-0.3, -0.25) is 4.79 Å². The van der Waals surface area contributed by atoms with Crippen molar-refractivity contribution in [1.29, 1.82) is 0 Å². The SMILES string of the molecule is CC(O)CN(CC(=O)N1Cc2ccccc2C(c2ccccc2)C1)c1ccccc1. The van der Waals surface area contributed by atoms with Gasteiger partial charge in [-0.2, -0.15) is 0 Å². The second kappa shape index (κ2) is 9.14. The summed E-state index contributed by atoms with van der Waals surface area (Å²) >= 11 is 0. The molecule has 4 heteroatoms. The van der Waals surface area contributed by atoms with Crippen LogP contribution in [-0.4, -0.2) is 41.7 Å². The number of aliphatic hydroxyl groups excluding tert-OH is 1. The molecule has 0 aromatic heterocycles. The lowest BCUT2D eigenvalue weighted by Crippen LogP contribution is -2.45. The third-order valence-corrected chi connectivity index (χ3v) is 5.68. The zero-order chi connectivity index (χ0) is 20.9. The van der Waals surface area contributed by atoms with Crippen LogP contribution in [0.4, 0.5) is 5.69 Å². The minimum atomic E-state index is -0.517. The van der Waals surface area contributed by atoms with E-state index in [0.29, 0.717) is 19.6 Å². The summed E-state index contributed by atoms with van der Waals surface area (Å²) in [6.45, 7) is 3.71. The van der Waals surface area contributed by atoms with Crippen LogP contribution in [-0.2, 0) is 11.3 Å². The van der Waals surface area contributed by atoms with Gasteiger partial charge in [-0.1, -0.05) is 72.8 Å². The molecule has 2 atom stereocenters. The van der Waals surface area contributed by atoms with Gasteiger partial charge in [0.15, 0.2) is 0 Å². The zero-order valence-electron chi connectivity index (χ0n) is 17.3. The Morgan fingerprint density at radius 1 is 1.00 bits per heavy atom. The number of carbonyl (C=O) groups is 1. The number of para-hydroxylation sites is 1. The summed E-state index contributed by atoms with van der Waals surface area (Å²) in [4.78, 5) is 17.3. The van der Waals surface area contributed by atoms with Crippen molar-refractivity contribution in [3.8, 4) is 0 Å². The summed E-state index contributed by atoms with van der Waals surface area (Å²) in [6, 6.07) is 28.7.